The molecule has 0 aromatic heterocycles. The summed E-state index contributed by atoms with van der Waals surface area (Å²) in [7, 11) is 3.64. The van der Waals surface area contributed by atoms with Gasteiger partial charge in [0, 0.05) is 49.2 Å². The largest absolute Gasteiger partial charge is 0.385 e. The van der Waals surface area contributed by atoms with Gasteiger partial charge in [-0.2, -0.15) is 0 Å². The third kappa shape index (κ3) is 8.24. The SMILES string of the molecule is CNC[C@@H](CC(=O)N1CCC[C@@H]([C@@](O)(CCCCOC)c2cc(F)ccc2Br)C1)CC1CCCCC1. The van der Waals surface area contributed by atoms with E-state index in [-0.39, 0.29) is 17.6 Å². The van der Waals surface area contributed by atoms with Crippen molar-refractivity contribution in [1.29, 1.82) is 0 Å². The summed E-state index contributed by atoms with van der Waals surface area (Å²) in [6.07, 6.45) is 12.0. The summed E-state index contributed by atoms with van der Waals surface area (Å²) >= 11 is 3.56. The molecular weight excluding hydrogens is 523 g/mol. The number of piperidine rings is 1. The second kappa shape index (κ2) is 14.8. The molecule has 204 valence electrons. The molecule has 1 aliphatic carbocycles. The highest BCUT2D eigenvalue weighted by Gasteiger charge is 2.42. The van der Waals surface area contributed by atoms with Crippen molar-refractivity contribution in [3.05, 3.63) is 34.1 Å². The molecule has 1 aromatic carbocycles. The molecule has 2 N–H and O–H groups in total. The van der Waals surface area contributed by atoms with Crippen LogP contribution in [-0.2, 0) is 15.1 Å². The van der Waals surface area contributed by atoms with Crippen LogP contribution in [0.5, 0.6) is 0 Å². The average molecular weight is 570 g/mol. The first-order chi connectivity index (χ1) is 17.4. The van der Waals surface area contributed by atoms with Crippen LogP contribution in [-0.4, -0.2) is 56.3 Å². The third-order valence-electron chi connectivity index (χ3n) is 8.35. The normalized spacial score (nSPS) is 21.8. The van der Waals surface area contributed by atoms with Crippen molar-refractivity contribution in [3.8, 4) is 0 Å². The number of hydrogen-bond acceptors (Lipinski definition) is 4. The number of nitrogens with one attached hydrogen (secondary N) is 1. The molecule has 5 nitrogen and oxygen atoms in total. The highest BCUT2D eigenvalue weighted by molar-refractivity contribution is 9.10. The fraction of sp³-hybridized carbons (Fsp3) is 0.759. The van der Waals surface area contributed by atoms with Crippen LogP contribution in [0.1, 0.15) is 82.6 Å². The molecule has 1 heterocycles. The van der Waals surface area contributed by atoms with Crippen molar-refractivity contribution < 1.29 is 19.0 Å². The molecule has 1 aromatic rings. The van der Waals surface area contributed by atoms with Gasteiger partial charge in [-0.1, -0.05) is 48.0 Å². The van der Waals surface area contributed by atoms with Gasteiger partial charge in [-0.05, 0) is 82.2 Å². The predicted octanol–water partition coefficient (Wildman–Crippen LogP) is 6.03. The average Bonchev–Trinajstić information content (AvgIpc) is 2.88. The summed E-state index contributed by atoms with van der Waals surface area (Å²) in [5, 5.41) is 15.4. The zero-order chi connectivity index (χ0) is 26.0. The van der Waals surface area contributed by atoms with Gasteiger partial charge in [0.1, 0.15) is 5.82 Å². The lowest BCUT2D eigenvalue weighted by Crippen LogP contribution is -2.48. The minimum Gasteiger partial charge on any atom is -0.385 e. The van der Waals surface area contributed by atoms with Crippen LogP contribution in [0.15, 0.2) is 22.7 Å². The Kier molecular flexibility index (Phi) is 12.1. The first-order valence-corrected chi connectivity index (χ1v) is 14.8. The molecule has 3 rings (SSSR count). The molecule has 0 radical (unpaired) electrons. The molecule has 0 spiro atoms. The maximum atomic E-state index is 14.3. The summed E-state index contributed by atoms with van der Waals surface area (Å²) in [6, 6.07) is 4.53. The Morgan fingerprint density at radius 1 is 1.25 bits per heavy atom. The van der Waals surface area contributed by atoms with Crippen LogP contribution < -0.4 is 5.32 Å². The lowest BCUT2D eigenvalue weighted by Gasteiger charge is -2.43. The molecule has 1 aliphatic heterocycles. The summed E-state index contributed by atoms with van der Waals surface area (Å²) in [5.41, 5.74) is -0.621. The Labute approximate surface area is 225 Å². The summed E-state index contributed by atoms with van der Waals surface area (Å²) in [4.78, 5) is 15.4. The molecule has 1 saturated carbocycles. The van der Waals surface area contributed by atoms with E-state index in [9.17, 15) is 14.3 Å². The van der Waals surface area contributed by atoms with Gasteiger partial charge in [-0.3, -0.25) is 4.79 Å². The van der Waals surface area contributed by atoms with E-state index in [1.807, 2.05) is 11.9 Å². The zero-order valence-corrected chi connectivity index (χ0v) is 23.8. The highest BCUT2D eigenvalue weighted by Crippen LogP contribution is 2.43. The lowest BCUT2D eigenvalue weighted by atomic mass is 9.74. The van der Waals surface area contributed by atoms with Crippen LogP contribution in [0.2, 0.25) is 0 Å². The Balaban J connectivity index is 1.72. The first-order valence-electron chi connectivity index (χ1n) is 14.0. The number of unbranched alkanes of at least 4 members (excludes halogenated alkanes) is 1. The Hall–Kier alpha value is -1.02. The van der Waals surface area contributed by atoms with Gasteiger partial charge >= 0.3 is 0 Å². The Morgan fingerprint density at radius 3 is 2.75 bits per heavy atom. The summed E-state index contributed by atoms with van der Waals surface area (Å²) in [6.45, 7) is 2.73. The number of methoxy groups -OCH3 is 1. The fourth-order valence-corrected chi connectivity index (χ4v) is 7.01. The molecule has 36 heavy (non-hydrogen) atoms. The van der Waals surface area contributed by atoms with Gasteiger partial charge in [0.25, 0.3) is 0 Å². The van der Waals surface area contributed by atoms with E-state index in [2.05, 4.69) is 21.2 Å². The van der Waals surface area contributed by atoms with Gasteiger partial charge in [-0.15, -0.1) is 0 Å². The van der Waals surface area contributed by atoms with Crippen molar-refractivity contribution >= 4 is 21.8 Å². The maximum Gasteiger partial charge on any atom is 0.222 e. The van der Waals surface area contributed by atoms with Crippen molar-refractivity contribution in [3.63, 3.8) is 0 Å². The van der Waals surface area contributed by atoms with Crippen LogP contribution in [0.3, 0.4) is 0 Å². The minimum absolute atomic E-state index is 0.142. The number of rotatable bonds is 13. The number of carbonyl (C=O) groups excluding carboxylic acids is 1. The Morgan fingerprint density at radius 2 is 2.03 bits per heavy atom. The van der Waals surface area contributed by atoms with Gasteiger partial charge in [0.05, 0.1) is 5.60 Å². The number of halogens is 2. The quantitative estimate of drug-likeness (QED) is 0.285. The van der Waals surface area contributed by atoms with E-state index in [0.29, 0.717) is 41.9 Å². The number of amides is 1. The fourth-order valence-electron chi connectivity index (χ4n) is 6.42. The third-order valence-corrected chi connectivity index (χ3v) is 9.04. The lowest BCUT2D eigenvalue weighted by molar-refractivity contribution is -0.138. The van der Waals surface area contributed by atoms with E-state index in [0.717, 1.165) is 51.1 Å². The minimum atomic E-state index is -1.21. The Bertz CT molecular complexity index is 820. The highest BCUT2D eigenvalue weighted by atomic mass is 79.9. The number of hydrogen-bond donors (Lipinski definition) is 2. The number of aliphatic hydroxyl groups is 1. The molecular formula is C29H46BrFN2O3. The maximum absolute atomic E-state index is 14.3. The molecule has 1 saturated heterocycles. The molecule has 2 aliphatic rings. The standard InChI is InChI=1S/C29H46BrFN2O3/c1-32-20-23(17-22-9-4-3-5-10-22)18-28(34)33-15-8-11-24(21-33)29(35,14-6-7-16-36-2)26-19-25(31)12-13-27(26)30/h12-13,19,22-24,32,35H,3-11,14-18,20-21H2,1-2H3/t23-,24-,29+/m1/s1. The predicted molar refractivity (Wildman–Crippen MR) is 146 cm³/mol. The first kappa shape index (κ1) is 29.5. The van der Waals surface area contributed by atoms with Crippen LogP contribution in [0, 0.1) is 23.6 Å². The number of ether oxygens (including phenoxy) is 1. The van der Waals surface area contributed by atoms with E-state index < -0.39 is 5.60 Å². The number of benzene rings is 1. The van der Waals surface area contributed by atoms with Crippen molar-refractivity contribution in [2.24, 2.45) is 17.8 Å². The van der Waals surface area contributed by atoms with Crippen LogP contribution >= 0.6 is 15.9 Å². The van der Waals surface area contributed by atoms with Crippen LogP contribution in [0.4, 0.5) is 4.39 Å². The van der Waals surface area contributed by atoms with Gasteiger partial charge in [0.2, 0.25) is 5.91 Å². The molecule has 0 bridgehead atoms. The second-order valence-electron chi connectivity index (χ2n) is 11.0. The second-order valence-corrected chi connectivity index (χ2v) is 11.9. The van der Waals surface area contributed by atoms with Gasteiger partial charge in [0.15, 0.2) is 0 Å². The monoisotopic (exact) mass is 568 g/mol. The topological polar surface area (TPSA) is 61.8 Å². The van der Waals surface area contributed by atoms with Gasteiger partial charge in [-0.25, -0.2) is 4.39 Å². The van der Waals surface area contributed by atoms with E-state index in [4.69, 9.17) is 4.74 Å². The number of likely N-dealkylation sites (tertiary alicyclic amines) is 1. The molecule has 7 heteroatoms. The van der Waals surface area contributed by atoms with Gasteiger partial charge < -0.3 is 20.1 Å². The van der Waals surface area contributed by atoms with E-state index in [1.54, 1.807) is 13.2 Å². The molecule has 3 atom stereocenters. The van der Waals surface area contributed by atoms with Crippen molar-refractivity contribution in [1.82, 2.24) is 10.2 Å². The zero-order valence-electron chi connectivity index (χ0n) is 22.2. The number of carbonyl (C=O) groups is 1. The summed E-state index contributed by atoms with van der Waals surface area (Å²) < 4.78 is 20.2. The van der Waals surface area contributed by atoms with Crippen molar-refractivity contribution in [2.45, 2.75) is 82.7 Å². The van der Waals surface area contributed by atoms with Crippen LogP contribution in [0.25, 0.3) is 0 Å². The number of nitrogens with zero attached hydrogens (tertiary/aromatic N) is 1. The molecule has 0 unspecified atom stereocenters. The van der Waals surface area contributed by atoms with Crippen molar-refractivity contribution in [2.75, 3.05) is 40.4 Å². The molecule has 2 fully saturated rings. The smallest absolute Gasteiger partial charge is 0.222 e. The van der Waals surface area contributed by atoms with E-state index in [1.165, 1.54) is 44.2 Å². The van der Waals surface area contributed by atoms with E-state index >= 15 is 0 Å². The molecule has 1 amide bonds. The summed E-state index contributed by atoms with van der Waals surface area (Å²) in [5.74, 6) is 0.774.